The van der Waals surface area contributed by atoms with E-state index < -0.39 is 23.6 Å². The fraction of sp³-hybridized carbons (Fsp3) is 0.269. The van der Waals surface area contributed by atoms with E-state index in [1.807, 2.05) is 50.3 Å². The summed E-state index contributed by atoms with van der Waals surface area (Å²) in [7, 11) is 1.33. The van der Waals surface area contributed by atoms with E-state index in [1.54, 1.807) is 36.7 Å². The molecule has 0 aliphatic heterocycles. The Kier molecular flexibility index (Phi) is 6.87. The number of halogens is 1. The zero-order valence-corrected chi connectivity index (χ0v) is 21.6. The van der Waals surface area contributed by atoms with Crippen LogP contribution in [0.5, 0.6) is 5.75 Å². The minimum Gasteiger partial charge on any atom is -0.484 e. The number of ether oxygens (including phenoxy) is 3. The summed E-state index contributed by atoms with van der Waals surface area (Å²) in [5.74, 6) is -0.519. The second kappa shape index (κ2) is 9.71. The number of pyridine rings is 1. The molecule has 0 fully saturated rings. The number of esters is 2. The topological polar surface area (TPSA) is 79.1 Å². The van der Waals surface area contributed by atoms with Crippen LogP contribution in [0, 0.1) is 0 Å². The molecule has 7 nitrogen and oxygen atoms in total. The van der Waals surface area contributed by atoms with E-state index >= 15 is 0 Å². The van der Waals surface area contributed by atoms with Crippen molar-refractivity contribution >= 4 is 40.5 Å². The van der Waals surface area contributed by atoms with Crippen LogP contribution in [0.1, 0.15) is 59.4 Å². The Morgan fingerprint density at radius 2 is 1.86 bits per heavy atom. The van der Waals surface area contributed by atoms with Gasteiger partial charge in [0.2, 0.25) is 0 Å². The van der Waals surface area contributed by atoms with Gasteiger partial charge in [-0.3, -0.25) is 4.40 Å². The molecule has 0 bridgehead atoms. The van der Waals surface area contributed by atoms with Gasteiger partial charge in [0.05, 0.1) is 29.4 Å². The number of hydrogen-bond donors (Lipinski definition) is 0. The first kappa shape index (κ1) is 24.8. The SMILES string of the molecule is COC(=O)c1ccn2c(-c3cc(OC(C)c4ccccc4Cl)c(C(=O)OC(C)(C)C)s3)cnc2c1. The lowest BCUT2D eigenvalue weighted by Gasteiger charge is -2.20. The Balaban J connectivity index is 1.75. The van der Waals surface area contributed by atoms with E-state index in [2.05, 4.69) is 4.98 Å². The summed E-state index contributed by atoms with van der Waals surface area (Å²) in [6, 6.07) is 12.5. The molecule has 35 heavy (non-hydrogen) atoms. The van der Waals surface area contributed by atoms with E-state index in [4.69, 9.17) is 25.8 Å². The average molecular weight is 513 g/mol. The molecule has 4 rings (SSSR count). The normalized spacial score (nSPS) is 12.4. The van der Waals surface area contributed by atoms with Crippen LogP contribution in [0.3, 0.4) is 0 Å². The molecular formula is C26H25ClN2O5S. The van der Waals surface area contributed by atoms with Gasteiger partial charge in [-0.25, -0.2) is 14.6 Å². The molecule has 4 aromatic rings. The molecule has 0 amide bonds. The molecule has 0 radical (unpaired) electrons. The van der Waals surface area contributed by atoms with Gasteiger partial charge in [0.25, 0.3) is 0 Å². The molecular weight excluding hydrogens is 488 g/mol. The summed E-state index contributed by atoms with van der Waals surface area (Å²) >= 11 is 7.61. The van der Waals surface area contributed by atoms with Crippen molar-refractivity contribution in [3.63, 3.8) is 0 Å². The van der Waals surface area contributed by atoms with E-state index in [0.29, 0.717) is 26.9 Å². The van der Waals surface area contributed by atoms with Crippen molar-refractivity contribution in [2.24, 2.45) is 0 Å². The summed E-state index contributed by atoms with van der Waals surface area (Å²) < 4.78 is 18.5. The lowest BCUT2D eigenvalue weighted by molar-refractivity contribution is 0.00704. The van der Waals surface area contributed by atoms with E-state index in [-0.39, 0.29) is 0 Å². The van der Waals surface area contributed by atoms with Crippen LogP contribution in [-0.4, -0.2) is 34.0 Å². The van der Waals surface area contributed by atoms with Gasteiger partial charge in [0, 0.05) is 22.8 Å². The monoisotopic (exact) mass is 512 g/mol. The number of imidazole rings is 1. The Morgan fingerprint density at radius 3 is 2.54 bits per heavy atom. The number of nitrogens with zero attached hydrogens (tertiary/aromatic N) is 2. The number of rotatable bonds is 6. The third-order valence-corrected chi connectivity index (χ3v) is 6.58. The highest BCUT2D eigenvalue weighted by atomic mass is 35.5. The Bertz CT molecular complexity index is 1400. The molecule has 1 aromatic carbocycles. The predicted octanol–water partition coefficient (Wildman–Crippen LogP) is 6.60. The number of aromatic nitrogens is 2. The average Bonchev–Trinajstić information content (AvgIpc) is 3.41. The third kappa shape index (κ3) is 5.33. The highest BCUT2D eigenvalue weighted by molar-refractivity contribution is 7.17. The summed E-state index contributed by atoms with van der Waals surface area (Å²) in [4.78, 5) is 30.5. The predicted molar refractivity (Wildman–Crippen MR) is 136 cm³/mol. The molecule has 3 aromatic heterocycles. The Labute approximate surface area is 212 Å². The first-order valence-corrected chi connectivity index (χ1v) is 12.1. The van der Waals surface area contributed by atoms with Gasteiger partial charge in [-0.15, -0.1) is 11.3 Å². The first-order chi connectivity index (χ1) is 16.6. The maximum Gasteiger partial charge on any atom is 0.352 e. The molecule has 0 saturated heterocycles. The zero-order valence-electron chi connectivity index (χ0n) is 20.0. The molecule has 3 heterocycles. The van der Waals surface area contributed by atoms with Crippen LogP contribution >= 0.6 is 22.9 Å². The second-order valence-corrected chi connectivity index (χ2v) is 10.3. The van der Waals surface area contributed by atoms with Gasteiger partial charge >= 0.3 is 11.9 Å². The van der Waals surface area contributed by atoms with Gasteiger partial charge < -0.3 is 14.2 Å². The fourth-order valence-electron chi connectivity index (χ4n) is 3.52. The van der Waals surface area contributed by atoms with Crippen molar-refractivity contribution < 1.29 is 23.8 Å². The Hall–Kier alpha value is -3.36. The standard InChI is InChI=1S/C26H25ClN2O5S/c1-15(17-8-6-7-9-18(17)27)33-20-13-21(35-23(20)25(31)34-26(2,3)4)19-14-28-22-12-16(24(30)32-5)10-11-29(19)22/h6-15H,1-5H3. The molecule has 9 heteroatoms. The number of thiophene rings is 1. The minimum absolute atomic E-state index is 0.343. The molecule has 0 aliphatic carbocycles. The van der Waals surface area contributed by atoms with Crippen LogP contribution < -0.4 is 4.74 Å². The number of fused-ring (bicyclic) bond motifs is 1. The van der Waals surface area contributed by atoms with Crippen LogP contribution in [0.15, 0.2) is 54.9 Å². The maximum absolute atomic E-state index is 13.1. The lowest BCUT2D eigenvalue weighted by Crippen LogP contribution is -2.23. The van der Waals surface area contributed by atoms with Gasteiger partial charge in [0.1, 0.15) is 23.1 Å². The van der Waals surface area contributed by atoms with Crippen molar-refractivity contribution in [3.05, 3.63) is 75.9 Å². The molecule has 1 atom stereocenters. The van der Waals surface area contributed by atoms with E-state index in [1.165, 1.54) is 18.4 Å². The first-order valence-electron chi connectivity index (χ1n) is 10.9. The molecule has 0 spiro atoms. The maximum atomic E-state index is 13.1. The molecule has 182 valence electrons. The highest BCUT2D eigenvalue weighted by Crippen LogP contribution is 2.40. The molecule has 0 aliphatic rings. The van der Waals surface area contributed by atoms with Crippen LogP contribution in [-0.2, 0) is 9.47 Å². The molecule has 0 N–H and O–H groups in total. The summed E-state index contributed by atoms with van der Waals surface area (Å²) in [5, 5.41) is 0.581. The van der Waals surface area contributed by atoms with E-state index in [0.717, 1.165) is 16.1 Å². The van der Waals surface area contributed by atoms with E-state index in [9.17, 15) is 9.59 Å². The van der Waals surface area contributed by atoms with Crippen LogP contribution in [0.25, 0.3) is 16.2 Å². The third-order valence-electron chi connectivity index (χ3n) is 5.12. The van der Waals surface area contributed by atoms with Gasteiger partial charge in [-0.1, -0.05) is 29.8 Å². The van der Waals surface area contributed by atoms with Crippen LogP contribution in [0.4, 0.5) is 0 Å². The van der Waals surface area contributed by atoms with Gasteiger partial charge in [-0.05, 0) is 45.9 Å². The quantitative estimate of drug-likeness (QED) is 0.271. The molecule has 0 saturated carbocycles. The van der Waals surface area contributed by atoms with Crippen molar-refractivity contribution in [1.82, 2.24) is 9.38 Å². The summed E-state index contributed by atoms with van der Waals surface area (Å²) in [5.41, 5.74) is 1.85. The zero-order chi connectivity index (χ0) is 25.3. The summed E-state index contributed by atoms with van der Waals surface area (Å²) in [6.07, 6.45) is 3.02. The number of methoxy groups -OCH3 is 1. The highest BCUT2D eigenvalue weighted by Gasteiger charge is 2.27. The molecule has 1 unspecified atom stereocenters. The second-order valence-electron chi connectivity index (χ2n) is 8.87. The Morgan fingerprint density at radius 1 is 1.11 bits per heavy atom. The van der Waals surface area contributed by atoms with Crippen molar-refractivity contribution in [1.29, 1.82) is 0 Å². The number of benzene rings is 1. The number of hydrogen-bond acceptors (Lipinski definition) is 7. The lowest BCUT2D eigenvalue weighted by atomic mass is 10.1. The van der Waals surface area contributed by atoms with Gasteiger partial charge in [-0.2, -0.15) is 0 Å². The van der Waals surface area contributed by atoms with Crippen molar-refractivity contribution in [2.45, 2.75) is 39.4 Å². The van der Waals surface area contributed by atoms with Gasteiger partial charge in [0.15, 0.2) is 4.88 Å². The van der Waals surface area contributed by atoms with Crippen molar-refractivity contribution in [2.75, 3.05) is 7.11 Å². The van der Waals surface area contributed by atoms with Crippen molar-refractivity contribution in [3.8, 4) is 16.3 Å². The largest absolute Gasteiger partial charge is 0.484 e. The number of carbonyl (C=O) groups is 2. The smallest absolute Gasteiger partial charge is 0.352 e. The minimum atomic E-state index is -0.666. The summed E-state index contributed by atoms with van der Waals surface area (Å²) in [6.45, 7) is 7.32. The fourth-order valence-corrected chi connectivity index (χ4v) is 4.78. The number of carbonyl (C=O) groups excluding carboxylic acids is 2. The van der Waals surface area contributed by atoms with Crippen LogP contribution in [0.2, 0.25) is 5.02 Å².